The summed E-state index contributed by atoms with van der Waals surface area (Å²) in [4.78, 5) is 8.28. The molecule has 1 aliphatic carbocycles. The van der Waals surface area contributed by atoms with Gasteiger partial charge in [0.05, 0.1) is 29.6 Å². The second-order valence-electron chi connectivity index (χ2n) is 4.81. The topological polar surface area (TPSA) is 49.6 Å². The molecule has 1 aromatic rings. The molecule has 4 heteroatoms. The van der Waals surface area contributed by atoms with Crippen LogP contribution in [0.25, 0.3) is 0 Å². The molecule has 1 aliphatic rings. The average molecular weight is 250 g/mol. The van der Waals surface area contributed by atoms with Gasteiger partial charge in [0.25, 0.3) is 0 Å². The Kier molecular flexibility index (Phi) is 3.96. The highest BCUT2D eigenvalue weighted by Gasteiger charge is 2.31. The Morgan fingerprint density at radius 1 is 1.18 bits per heavy atom. The maximum Gasteiger partial charge on any atom is 0.147 e. The second kappa shape index (κ2) is 5.46. The van der Waals surface area contributed by atoms with Crippen molar-refractivity contribution in [2.45, 2.75) is 44.9 Å². The monoisotopic (exact) mass is 249 g/mol. The van der Waals surface area contributed by atoms with Gasteiger partial charge in [0.2, 0.25) is 0 Å². The lowest BCUT2D eigenvalue weighted by atomic mass is 9.78. The van der Waals surface area contributed by atoms with Gasteiger partial charge < -0.3 is 0 Å². The molecule has 1 heterocycles. The SMILES string of the molecule is N#CC1(Cc2cnc(Cl)cn2)CCCCCC1. The average Bonchev–Trinajstić information content (AvgIpc) is 2.58. The van der Waals surface area contributed by atoms with Gasteiger partial charge >= 0.3 is 0 Å². The Balaban J connectivity index is 2.13. The smallest absolute Gasteiger partial charge is 0.147 e. The van der Waals surface area contributed by atoms with Crippen molar-refractivity contribution >= 4 is 11.6 Å². The van der Waals surface area contributed by atoms with Gasteiger partial charge in [0.15, 0.2) is 0 Å². The van der Waals surface area contributed by atoms with E-state index in [0.717, 1.165) is 31.4 Å². The van der Waals surface area contributed by atoms with Gasteiger partial charge in [0.1, 0.15) is 5.15 Å². The third-order valence-electron chi connectivity index (χ3n) is 3.49. The predicted molar refractivity (Wildman–Crippen MR) is 66.5 cm³/mol. The van der Waals surface area contributed by atoms with Gasteiger partial charge in [-0.3, -0.25) is 4.98 Å². The van der Waals surface area contributed by atoms with E-state index < -0.39 is 0 Å². The lowest BCUT2D eigenvalue weighted by molar-refractivity contribution is 0.335. The molecule has 0 aliphatic heterocycles. The van der Waals surface area contributed by atoms with Crippen LogP contribution in [0, 0.1) is 16.7 Å². The molecule has 17 heavy (non-hydrogen) atoms. The van der Waals surface area contributed by atoms with Crippen molar-refractivity contribution < 1.29 is 0 Å². The van der Waals surface area contributed by atoms with Crippen LogP contribution in [0.5, 0.6) is 0 Å². The van der Waals surface area contributed by atoms with Crippen LogP contribution in [0.15, 0.2) is 12.4 Å². The number of hydrogen-bond acceptors (Lipinski definition) is 3. The fraction of sp³-hybridized carbons (Fsp3) is 0.615. The van der Waals surface area contributed by atoms with E-state index in [1.54, 1.807) is 12.4 Å². The van der Waals surface area contributed by atoms with Gasteiger partial charge in [-0.1, -0.05) is 37.3 Å². The molecular weight excluding hydrogens is 234 g/mol. The molecular formula is C13H16ClN3. The Morgan fingerprint density at radius 2 is 1.88 bits per heavy atom. The van der Waals surface area contributed by atoms with Gasteiger partial charge in [-0.05, 0) is 12.8 Å². The zero-order valence-corrected chi connectivity index (χ0v) is 10.6. The number of rotatable bonds is 2. The van der Waals surface area contributed by atoms with Crippen LogP contribution in [-0.4, -0.2) is 9.97 Å². The molecule has 1 fully saturated rings. The van der Waals surface area contributed by atoms with E-state index in [1.807, 2.05) is 0 Å². The summed E-state index contributed by atoms with van der Waals surface area (Å²) in [5.41, 5.74) is 0.636. The predicted octanol–water partition coefficient (Wildman–Crippen LogP) is 3.54. The molecule has 0 N–H and O–H groups in total. The first-order valence-corrected chi connectivity index (χ1v) is 6.50. The number of halogens is 1. The third kappa shape index (κ3) is 3.17. The van der Waals surface area contributed by atoms with Crippen LogP contribution < -0.4 is 0 Å². The van der Waals surface area contributed by atoms with Crippen LogP contribution in [0.2, 0.25) is 5.15 Å². The van der Waals surface area contributed by atoms with Gasteiger partial charge in [-0.25, -0.2) is 4.98 Å². The fourth-order valence-corrected chi connectivity index (χ4v) is 2.61. The normalized spacial score (nSPS) is 19.3. The summed E-state index contributed by atoms with van der Waals surface area (Å²) in [5, 5.41) is 9.86. The quantitative estimate of drug-likeness (QED) is 0.754. The third-order valence-corrected chi connectivity index (χ3v) is 3.69. The zero-order chi connectivity index (χ0) is 12.1. The van der Waals surface area contributed by atoms with Crippen LogP contribution in [-0.2, 0) is 6.42 Å². The molecule has 0 spiro atoms. The molecule has 0 radical (unpaired) electrons. The number of nitriles is 1. The summed E-state index contributed by atoms with van der Waals surface area (Å²) in [6.45, 7) is 0. The standard InChI is InChI=1S/C13H16ClN3/c14-12-9-16-11(8-17-12)7-13(10-15)5-3-1-2-4-6-13/h8-9H,1-7H2. The molecule has 0 aromatic carbocycles. The Bertz CT molecular complexity index is 400. The molecule has 1 aromatic heterocycles. The Hall–Kier alpha value is -1.14. The van der Waals surface area contributed by atoms with Gasteiger partial charge in [-0.15, -0.1) is 0 Å². The molecule has 0 unspecified atom stereocenters. The summed E-state index contributed by atoms with van der Waals surface area (Å²) in [7, 11) is 0. The highest BCUT2D eigenvalue weighted by molar-refractivity contribution is 6.29. The maximum absolute atomic E-state index is 9.46. The number of hydrogen-bond donors (Lipinski definition) is 0. The first-order chi connectivity index (χ1) is 8.24. The lowest BCUT2D eigenvalue weighted by Gasteiger charge is -2.24. The van der Waals surface area contributed by atoms with E-state index in [1.165, 1.54) is 12.8 Å². The van der Waals surface area contributed by atoms with Gasteiger partial charge in [0, 0.05) is 6.42 Å². The molecule has 90 valence electrons. The largest absolute Gasteiger partial charge is 0.256 e. The number of aromatic nitrogens is 2. The molecule has 0 bridgehead atoms. The van der Waals surface area contributed by atoms with E-state index in [0.29, 0.717) is 11.6 Å². The summed E-state index contributed by atoms with van der Waals surface area (Å²) in [5.74, 6) is 0. The fourth-order valence-electron chi connectivity index (χ4n) is 2.51. The van der Waals surface area contributed by atoms with Crippen LogP contribution in [0.1, 0.15) is 44.2 Å². The van der Waals surface area contributed by atoms with Crippen molar-refractivity contribution in [3.05, 3.63) is 23.2 Å². The molecule has 0 saturated heterocycles. The summed E-state index contributed by atoms with van der Waals surface area (Å²) in [6.07, 6.45) is 10.7. The van der Waals surface area contributed by atoms with E-state index in [2.05, 4.69) is 16.0 Å². The maximum atomic E-state index is 9.46. The molecule has 2 rings (SSSR count). The Labute approximate surface area is 107 Å². The first kappa shape index (κ1) is 12.3. The van der Waals surface area contributed by atoms with E-state index in [4.69, 9.17) is 11.6 Å². The molecule has 0 atom stereocenters. The minimum absolute atomic E-state index is 0.237. The van der Waals surface area contributed by atoms with Crippen molar-refractivity contribution in [2.75, 3.05) is 0 Å². The summed E-state index contributed by atoms with van der Waals surface area (Å²) in [6, 6.07) is 2.52. The minimum Gasteiger partial charge on any atom is -0.256 e. The van der Waals surface area contributed by atoms with Crippen molar-refractivity contribution in [1.82, 2.24) is 9.97 Å². The van der Waals surface area contributed by atoms with E-state index in [-0.39, 0.29) is 5.41 Å². The van der Waals surface area contributed by atoms with E-state index in [9.17, 15) is 5.26 Å². The van der Waals surface area contributed by atoms with Gasteiger partial charge in [-0.2, -0.15) is 5.26 Å². The second-order valence-corrected chi connectivity index (χ2v) is 5.20. The summed E-state index contributed by atoms with van der Waals surface area (Å²) >= 11 is 5.71. The molecule has 0 amide bonds. The molecule has 1 saturated carbocycles. The summed E-state index contributed by atoms with van der Waals surface area (Å²) < 4.78 is 0. The van der Waals surface area contributed by atoms with Crippen molar-refractivity contribution in [3.63, 3.8) is 0 Å². The van der Waals surface area contributed by atoms with Crippen molar-refractivity contribution in [1.29, 1.82) is 5.26 Å². The Morgan fingerprint density at radius 3 is 2.41 bits per heavy atom. The zero-order valence-electron chi connectivity index (χ0n) is 9.82. The first-order valence-electron chi connectivity index (χ1n) is 6.12. The van der Waals surface area contributed by atoms with Crippen molar-refractivity contribution in [2.24, 2.45) is 5.41 Å². The molecule has 3 nitrogen and oxygen atoms in total. The van der Waals surface area contributed by atoms with Crippen LogP contribution in [0.3, 0.4) is 0 Å². The lowest BCUT2D eigenvalue weighted by Crippen LogP contribution is -2.21. The van der Waals surface area contributed by atoms with E-state index >= 15 is 0 Å². The highest BCUT2D eigenvalue weighted by Crippen LogP contribution is 2.37. The van der Waals surface area contributed by atoms with Crippen molar-refractivity contribution in [3.8, 4) is 6.07 Å². The van der Waals surface area contributed by atoms with Crippen LogP contribution >= 0.6 is 11.6 Å². The number of nitrogens with zero attached hydrogens (tertiary/aromatic N) is 3. The minimum atomic E-state index is -0.237. The van der Waals surface area contributed by atoms with Crippen LogP contribution in [0.4, 0.5) is 0 Å². The highest BCUT2D eigenvalue weighted by atomic mass is 35.5.